The zero-order chi connectivity index (χ0) is 38.4. The van der Waals surface area contributed by atoms with E-state index in [-0.39, 0.29) is 33.4 Å². The number of nitrogens with one attached hydrogen (secondary N) is 2. The molecule has 0 aliphatic carbocycles. The predicted molar refractivity (Wildman–Crippen MR) is 202 cm³/mol. The molecular formula is C43H34N2O9. The van der Waals surface area contributed by atoms with Crippen molar-refractivity contribution in [3.8, 4) is 28.7 Å². The maximum Gasteiger partial charge on any atom is 0.336 e. The second-order valence-corrected chi connectivity index (χ2v) is 12.7. The van der Waals surface area contributed by atoms with E-state index in [0.29, 0.717) is 34.4 Å². The predicted octanol–water partition coefficient (Wildman–Crippen LogP) is 9.20. The SMILES string of the molecule is CC(C)(c1ccc(Oc2ccc(NC(=O)c3ccccc3C(=O)O)cc2)cc1)c1ccc(Oc2ccc(NC(=O)c3ccc(O)cc3C(=O)O)cc2)cc1. The molecule has 0 unspecified atom stereocenters. The summed E-state index contributed by atoms with van der Waals surface area (Å²) in [6, 6.07) is 38.5. The molecule has 54 heavy (non-hydrogen) atoms. The zero-order valence-electron chi connectivity index (χ0n) is 29.1. The van der Waals surface area contributed by atoms with Gasteiger partial charge in [0.25, 0.3) is 11.8 Å². The third kappa shape index (κ3) is 8.38. The third-order valence-corrected chi connectivity index (χ3v) is 8.73. The molecule has 0 aliphatic rings. The van der Waals surface area contributed by atoms with Gasteiger partial charge in [-0.3, -0.25) is 9.59 Å². The van der Waals surface area contributed by atoms with Crippen molar-refractivity contribution in [3.05, 3.63) is 173 Å². The van der Waals surface area contributed by atoms with E-state index < -0.39 is 23.8 Å². The molecule has 2 amide bonds. The molecule has 0 spiro atoms. The van der Waals surface area contributed by atoms with Crippen LogP contribution in [0.1, 0.15) is 66.4 Å². The number of amides is 2. The molecule has 0 fully saturated rings. The van der Waals surface area contributed by atoms with E-state index in [1.54, 1.807) is 60.7 Å². The Morgan fingerprint density at radius 2 is 0.852 bits per heavy atom. The third-order valence-electron chi connectivity index (χ3n) is 8.73. The lowest BCUT2D eigenvalue weighted by Crippen LogP contribution is -2.18. The Kier molecular flexibility index (Phi) is 10.4. The molecule has 0 bridgehead atoms. The maximum atomic E-state index is 12.7. The number of carbonyl (C=O) groups is 4. The summed E-state index contributed by atoms with van der Waals surface area (Å²) >= 11 is 0. The fraction of sp³-hybridized carbons (Fsp3) is 0.0698. The summed E-state index contributed by atoms with van der Waals surface area (Å²) in [4.78, 5) is 48.4. The number of aromatic carboxylic acids is 2. The standard InChI is InChI=1S/C43H34N2O9/c1-43(2,26-7-16-31(17-8-26)53-33-20-11-28(12-21-33)44-39(47)35-5-3-4-6-37(35)41(49)50)27-9-18-32(19-10-27)54-34-22-13-29(14-23-34)45-40(48)36-24-15-30(46)25-38(36)42(51)52/h3-25,46H,1-2H3,(H,44,47)(H,45,48)(H,49,50)(H,51,52). The number of phenols is 1. The zero-order valence-corrected chi connectivity index (χ0v) is 29.1. The summed E-state index contributed by atoms with van der Waals surface area (Å²) in [6.07, 6.45) is 0. The molecule has 0 radical (unpaired) electrons. The second kappa shape index (κ2) is 15.5. The van der Waals surface area contributed by atoms with Crippen LogP contribution in [0.25, 0.3) is 0 Å². The molecule has 0 saturated carbocycles. The molecule has 5 N–H and O–H groups in total. The summed E-state index contributed by atoms with van der Waals surface area (Å²) in [5.41, 5.74) is 2.30. The van der Waals surface area contributed by atoms with E-state index in [1.807, 2.05) is 48.5 Å². The number of hydrogen-bond acceptors (Lipinski definition) is 7. The maximum absolute atomic E-state index is 12.7. The lowest BCUT2D eigenvalue weighted by atomic mass is 9.78. The molecule has 0 atom stereocenters. The van der Waals surface area contributed by atoms with Gasteiger partial charge in [-0.15, -0.1) is 0 Å². The van der Waals surface area contributed by atoms with E-state index in [9.17, 15) is 34.5 Å². The number of phenolic OH excluding ortho intramolecular Hbond substituents is 1. The van der Waals surface area contributed by atoms with E-state index >= 15 is 0 Å². The van der Waals surface area contributed by atoms with Crippen LogP contribution in [0, 0.1) is 0 Å². The van der Waals surface area contributed by atoms with Gasteiger partial charge >= 0.3 is 11.9 Å². The van der Waals surface area contributed by atoms with Crippen LogP contribution in [0.2, 0.25) is 0 Å². The molecule has 6 rings (SSSR count). The molecule has 11 heteroatoms. The highest BCUT2D eigenvalue weighted by Crippen LogP contribution is 2.35. The van der Waals surface area contributed by atoms with Crippen LogP contribution in [-0.4, -0.2) is 39.1 Å². The molecule has 0 aliphatic heterocycles. The van der Waals surface area contributed by atoms with Crippen molar-refractivity contribution in [2.45, 2.75) is 19.3 Å². The number of rotatable bonds is 12. The van der Waals surface area contributed by atoms with Gasteiger partial charge in [0.15, 0.2) is 0 Å². The Labute approximate surface area is 310 Å². The molecule has 11 nitrogen and oxygen atoms in total. The van der Waals surface area contributed by atoms with Crippen molar-refractivity contribution in [2.75, 3.05) is 10.6 Å². The molecule has 0 saturated heterocycles. The second-order valence-electron chi connectivity index (χ2n) is 12.7. The summed E-state index contributed by atoms with van der Waals surface area (Å²) in [5, 5.41) is 33.7. The van der Waals surface area contributed by atoms with Gasteiger partial charge in [0.05, 0.1) is 22.3 Å². The summed E-state index contributed by atoms with van der Waals surface area (Å²) < 4.78 is 12.0. The summed E-state index contributed by atoms with van der Waals surface area (Å²) in [6.45, 7) is 4.23. The van der Waals surface area contributed by atoms with Crippen LogP contribution in [0.4, 0.5) is 11.4 Å². The Morgan fingerprint density at radius 1 is 0.481 bits per heavy atom. The van der Waals surface area contributed by atoms with E-state index in [0.717, 1.165) is 17.2 Å². The number of carboxylic acid groups (broad SMARTS) is 2. The monoisotopic (exact) mass is 722 g/mol. The number of anilines is 2. The van der Waals surface area contributed by atoms with Gasteiger partial charge in [0.2, 0.25) is 0 Å². The highest BCUT2D eigenvalue weighted by molar-refractivity contribution is 6.11. The van der Waals surface area contributed by atoms with Crippen molar-refractivity contribution < 1.29 is 44.0 Å². The topological polar surface area (TPSA) is 171 Å². The van der Waals surface area contributed by atoms with Crippen molar-refractivity contribution in [3.63, 3.8) is 0 Å². The minimum atomic E-state index is -1.33. The number of carbonyl (C=O) groups excluding carboxylic acids is 2. The highest BCUT2D eigenvalue weighted by Gasteiger charge is 2.24. The van der Waals surface area contributed by atoms with Crippen LogP contribution in [0.5, 0.6) is 28.7 Å². The lowest BCUT2D eigenvalue weighted by Gasteiger charge is -2.26. The average molecular weight is 723 g/mol. The first kappa shape index (κ1) is 36.4. The van der Waals surface area contributed by atoms with Gasteiger partial charge in [-0.2, -0.15) is 0 Å². The summed E-state index contributed by atoms with van der Waals surface area (Å²) in [5.74, 6) is -1.57. The lowest BCUT2D eigenvalue weighted by molar-refractivity contribution is 0.0683. The van der Waals surface area contributed by atoms with Crippen molar-refractivity contribution in [1.29, 1.82) is 0 Å². The van der Waals surface area contributed by atoms with Crippen LogP contribution >= 0.6 is 0 Å². The van der Waals surface area contributed by atoms with Gasteiger partial charge in [-0.25, -0.2) is 9.59 Å². The molecule has 0 heterocycles. The first-order chi connectivity index (χ1) is 25.9. The first-order valence-corrected chi connectivity index (χ1v) is 16.7. The Hall–Kier alpha value is -7.40. The van der Waals surface area contributed by atoms with Crippen LogP contribution in [0.15, 0.2) is 140 Å². The molecule has 6 aromatic carbocycles. The number of ether oxygens (including phenoxy) is 2. The summed E-state index contributed by atoms with van der Waals surface area (Å²) in [7, 11) is 0. The van der Waals surface area contributed by atoms with E-state index in [1.165, 1.54) is 24.3 Å². The largest absolute Gasteiger partial charge is 0.508 e. The molecule has 270 valence electrons. The van der Waals surface area contributed by atoms with Crippen LogP contribution in [-0.2, 0) is 5.41 Å². The first-order valence-electron chi connectivity index (χ1n) is 16.7. The molecular weight excluding hydrogens is 688 g/mol. The van der Waals surface area contributed by atoms with Gasteiger partial charge in [-0.05, 0) is 114 Å². The fourth-order valence-electron chi connectivity index (χ4n) is 5.70. The van der Waals surface area contributed by atoms with E-state index in [4.69, 9.17) is 9.47 Å². The number of aromatic hydroxyl groups is 1. The Bertz CT molecular complexity index is 2330. The minimum absolute atomic E-state index is 0.0687. The normalized spacial score (nSPS) is 10.9. The minimum Gasteiger partial charge on any atom is -0.508 e. The number of carboxylic acids is 2. The van der Waals surface area contributed by atoms with Crippen molar-refractivity contribution >= 4 is 35.1 Å². The molecule has 0 aromatic heterocycles. The Morgan fingerprint density at radius 3 is 1.26 bits per heavy atom. The number of benzene rings is 6. The van der Waals surface area contributed by atoms with Gasteiger partial charge in [-0.1, -0.05) is 50.2 Å². The van der Waals surface area contributed by atoms with Gasteiger partial charge < -0.3 is 35.4 Å². The smallest absolute Gasteiger partial charge is 0.336 e. The quantitative estimate of drug-likeness (QED) is 0.0826. The van der Waals surface area contributed by atoms with Gasteiger partial charge in [0.1, 0.15) is 28.7 Å². The van der Waals surface area contributed by atoms with Crippen LogP contribution < -0.4 is 20.1 Å². The fourth-order valence-corrected chi connectivity index (χ4v) is 5.70. The highest BCUT2D eigenvalue weighted by atomic mass is 16.5. The number of hydrogen-bond donors (Lipinski definition) is 5. The molecule has 6 aromatic rings. The van der Waals surface area contributed by atoms with Crippen molar-refractivity contribution in [1.82, 2.24) is 0 Å². The van der Waals surface area contributed by atoms with E-state index in [2.05, 4.69) is 24.5 Å². The average Bonchev–Trinajstić information content (AvgIpc) is 3.16. The van der Waals surface area contributed by atoms with Crippen LogP contribution in [0.3, 0.4) is 0 Å². The Balaban J connectivity index is 1.03. The van der Waals surface area contributed by atoms with Gasteiger partial charge in [0, 0.05) is 16.8 Å². The van der Waals surface area contributed by atoms with Crippen molar-refractivity contribution in [2.24, 2.45) is 0 Å².